The number of hydrogen-bond acceptors (Lipinski definition) is 6. The number of para-hydroxylation sites is 1. The number of esters is 1. The van der Waals surface area contributed by atoms with Gasteiger partial charge in [0.25, 0.3) is 0 Å². The number of anilines is 1. The van der Waals surface area contributed by atoms with E-state index in [4.69, 9.17) is 13.9 Å². The van der Waals surface area contributed by atoms with Crippen molar-refractivity contribution in [2.75, 3.05) is 38.8 Å². The van der Waals surface area contributed by atoms with Crippen LogP contribution in [0.5, 0.6) is 0 Å². The van der Waals surface area contributed by atoms with Crippen molar-refractivity contribution in [3.8, 4) is 0 Å². The van der Waals surface area contributed by atoms with E-state index in [1.165, 1.54) is 19.8 Å². The summed E-state index contributed by atoms with van der Waals surface area (Å²) in [6.45, 7) is 13.6. The summed E-state index contributed by atoms with van der Waals surface area (Å²) in [5, 5.41) is 0.133. The Labute approximate surface area is 215 Å². The number of ether oxygens (including phenoxy) is 2. The molecule has 2 saturated heterocycles. The fourth-order valence-electron chi connectivity index (χ4n) is 7.15. The molecule has 1 spiro atoms. The van der Waals surface area contributed by atoms with Crippen LogP contribution in [0.25, 0.3) is 0 Å². The average molecular weight is 513 g/mol. The highest BCUT2D eigenvalue weighted by Crippen LogP contribution is 2.63. The molecule has 0 radical (unpaired) electrons. The Morgan fingerprint density at radius 1 is 1.17 bits per heavy atom. The number of hydrogen-bond donors (Lipinski definition) is 0. The van der Waals surface area contributed by atoms with Crippen LogP contribution in [-0.2, 0) is 24.1 Å². The van der Waals surface area contributed by atoms with Gasteiger partial charge in [-0.25, -0.2) is 4.79 Å². The minimum atomic E-state index is -1.90. The molecule has 3 heterocycles. The number of nitrogens with zero attached hydrogens (tertiary/aromatic N) is 2. The van der Waals surface area contributed by atoms with E-state index in [2.05, 4.69) is 50.9 Å². The zero-order chi connectivity index (χ0) is 26.0. The summed E-state index contributed by atoms with van der Waals surface area (Å²) in [7, 11) is 0.972. The Balaban J connectivity index is 1.58. The summed E-state index contributed by atoms with van der Waals surface area (Å²) >= 11 is 0. The standard InChI is InChI=1S/C28H40N2O5Si/c1-27(2,3)36(6,7)35-15-12-18-17-29-14-13-28-20-10-8-9-11-21(20)30(26(32)34-5)24(28)23(25(31)33-4)19(18)16-22(28)29/h8-12,19,22-24H,13-17H2,1-7H3/b18-12-/t19-,22-,23?,24-,28+/m0/s1. The van der Waals surface area contributed by atoms with Gasteiger partial charge in [-0.15, -0.1) is 0 Å². The highest BCUT2D eigenvalue weighted by atomic mass is 28.4. The van der Waals surface area contributed by atoms with Gasteiger partial charge in [0, 0.05) is 18.0 Å². The Kier molecular flexibility index (Phi) is 6.16. The maximum absolute atomic E-state index is 13.5. The molecular formula is C28H40N2O5Si. The van der Waals surface area contributed by atoms with Crippen LogP contribution in [0.4, 0.5) is 10.5 Å². The number of fused-ring (bicyclic) bond motifs is 2. The highest BCUT2D eigenvalue weighted by Gasteiger charge is 2.70. The van der Waals surface area contributed by atoms with Crippen molar-refractivity contribution in [1.82, 2.24) is 4.90 Å². The summed E-state index contributed by atoms with van der Waals surface area (Å²) in [6, 6.07) is 8.06. The van der Waals surface area contributed by atoms with Crippen molar-refractivity contribution >= 4 is 26.1 Å². The molecular weight excluding hydrogens is 472 g/mol. The van der Waals surface area contributed by atoms with Crippen LogP contribution in [0.3, 0.4) is 0 Å². The molecule has 0 aromatic heterocycles. The monoisotopic (exact) mass is 512 g/mol. The van der Waals surface area contributed by atoms with Gasteiger partial charge in [0.15, 0.2) is 8.32 Å². The predicted molar refractivity (Wildman–Crippen MR) is 142 cm³/mol. The lowest BCUT2D eigenvalue weighted by Crippen LogP contribution is -2.66. The van der Waals surface area contributed by atoms with Crippen LogP contribution in [0.15, 0.2) is 35.9 Å². The molecule has 5 atom stereocenters. The number of benzene rings is 1. The summed E-state index contributed by atoms with van der Waals surface area (Å²) in [4.78, 5) is 31.1. The van der Waals surface area contributed by atoms with Gasteiger partial charge in [0.1, 0.15) is 0 Å². The molecule has 1 aromatic rings. The van der Waals surface area contributed by atoms with E-state index in [0.717, 1.165) is 37.2 Å². The van der Waals surface area contributed by atoms with Crippen LogP contribution >= 0.6 is 0 Å². The first kappa shape index (κ1) is 25.5. The highest BCUT2D eigenvalue weighted by molar-refractivity contribution is 6.74. The third-order valence-corrected chi connectivity index (χ3v) is 14.4. The maximum Gasteiger partial charge on any atom is 0.414 e. The third kappa shape index (κ3) is 3.51. The first-order valence-corrected chi connectivity index (χ1v) is 16.0. The van der Waals surface area contributed by atoms with Crippen LogP contribution < -0.4 is 4.90 Å². The van der Waals surface area contributed by atoms with Crippen LogP contribution in [0, 0.1) is 11.8 Å². The topological polar surface area (TPSA) is 68.3 Å². The second-order valence-electron chi connectivity index (χ2n) is 12.3. The third-order valence-electron chi connectivity index (χ3n) is 9.87. The Morgan fingerprint density at radius 2 is 1.89 bits per heavy atom. The summed E-state index contributed by atoms with van der Waals surface area (Å²) in [6.07, 6.45) is 3.59. The molecule has 3 aliphatic heterocycles. The molecule has 1 amide bonds. The molecule has 7 nitrogen and oxygen atoms in total. The van der Waals surface area contributed by atoms with Crippen molar-refractivity contribution in [2.24, 2.45) is 11.8 Å². The maximum atomic E-state index is 13.5. The van der Waals surface area contributed by atoms with E-state index < -0.39 is 20.3 Å². The van der Waals surface area contributed by atoms with Crippen molar-refractivity contribution in [1.29, 1.82) is 0 Å². The van der Waals surface area contributed by atoms with E-state index in [1.54, 1.807) is 4.90 Å². The molecule has 2 bridgehead atoms. The van der Waals surface area contributed by atoms with E-state index in [9.17, 15) is 9.59 Å². The average Bonchev–Trinajstić information content (AvgIpc) is 3.37. The first-order chi connectivity index (χ1) is 17.0. The van der Waals surface area contributed by atoms with Gasteiger partial charge in [-0.1, -0.05) is 50.6 Å². The van der Waals surface area contributed by atoms with Crippen molar-refractivity contribution in [3.63, 3.8) is 0 Å². The molecule has 8 heteroatoms. The van der Waals surface area contributed by atoms with Gasteiger partial charge in [0.05, 0.1) is 38.5 Å². The minimum Gasteiger partial charge on any atom is -0.469 e. The van der Waals surface area contributed by atoms with Crippen LogP contribution in [0.2, 0.25) is 18.1 Å². The Hall–Kier alpha value is -2.16. The van der Waals surface area contributed by atoms with Gasteiger partial charge < -0.3 is 13.9 Å². The second-order valence-corrected chi connectivity index (χ2v) is 17.1. The van der Waals surface area contributed by atoms with Gasteiger partial charge >= 0.3 is 12.1 Å². The zero-order valence-corrected chi connectivity index (χ0v) is 23.7. The number of carbonyl (C=O) groups is 2. The number of methoxy groups -OCH3 is 2. The smallest absolute Gasteiger partial charge is 0.414 e. The molecule has 4 aliphatic rings. The van der Waals surface area contributed by atoms with Gasteiger partial charge in [-0.2, -0.15) is 0 Å². The quantitative estimate of drug-likeness (QED) is 0.330. The second kappa shape index (κ2) is 8.70. The molecule has 1 aliphatic carbocycles. The van der Waals surface area contributed by atoms with E-state index in [0.29, 0.717) is 6.61 Å². The van der Waals surface area contributed by atoms with Crippen molar-refractivity contribution in [3.05, 3.63) is 41.5 Å². The van der Waals surface area contributed by atoms with Gasteiger partial charge in [-0.3, -0.25) is 14.6 Å². The SMILES string of the molecule is COC(=O)C1[C@@H]2N(C(=O)OC)c3ccccc3[C@@]23CCN2C/C(=C/CO[Si](C)(C)C(C)(C)C)[C@@H]1C[C@H]23. The fraction of sp³-hybridized carbons (Fsp3) is 0.643. The lowest BCUT2D eigenvalue weighted by Gasteiger charge is -2.55. The Morgan fingerprint density at radius 3 is 2.56 bits per heavy atom. The first-order valence-electron chi connectivity index (χ1n) is 13.1. The molecule has 1 unspecified atom stereocenters. The van der Waals surface area contributed by atoms with Crippen molar-refractivity contribution < 1.29 is 23.5 Å². The largest absolute Gasteiger partial charge is 0.469 e. The van der Waals surface area contributed by atoms with Crippen molar-refractivity contribution in [2.45, 2.75) is 69.2 Å². The van der Waals surface area contributed by atoms with Crippen LogP contribution in [-0.4, -0.2) is 71.3 Å². The summed E-state index contributed by atoms with van der Waals surface area (Å²) in [5.41, 5.74) is 2.96. The Bertz CT molecular complexity index is 1100. The lowest BCUT2D eigenvalue weighted by atomic mass is 9.55. The number of amides is 1. The summed E-state index contributed by atoms with van der Waals surface area (Å²) < 4.78 is 17.2. The van der Waals surface area contributed by atoms with E-state index in [-0.39, 0.29) is 34.4 Å². The molecule has 1 aromatic carbocycles. The molecule has 5 rings (SSSR count). The molecule has 1 saturated carbocycles. The van der Waals surface area contributed by atoms with E-state index in [1.807, 2.05) is 18.2 Å². The lowest BCUT2D eigenvalue weighted by molar-refractivity contribution is -0.151. The fourth-order valence-corrected chi connectivity index (χ4v) is 8.09. The molecule has 196 valence electrons. The molecule has 36 heavy (non-hydrogen) atoms. The number of rotatable bonds is 4. The predicted octanol–water partition coefficient (Wildman–Crippen LogP) is 4.72. The van der Waals surface area contributed by atoms with Gasteiger partial charge in [-0.05, 0) is 55.1 Å². The molecule has 3 fully saturated rings. The van der Waals surface area contributed by atoms with Crippen LogP contribution in [0.1, 0.15) is 39.2 Å². The number of carbonyl (C=O) groups excluding carboxylic acids is 2. The zero-order valence-electron chi connectivity index (χ0n) is 22.7. The van der Waals surface area contributed by atoms with E-state index >= 15 is 0 Å². The van der Waals surface area contributed by atoms with Gasteiger partial charge in [0.2, 0.25) is 0 Å². The summed E-state index contributed by atoms with van der Waals surface area (Å²) in [5.74, 6) is -0.711. The molecule has 0 N–H and O–H groups in total. The minimum absolute atomic E-state index is 0.000547. The normalized spacial score (nSPS) is 32.3. The number of piperidine rings is 1.